The Morgan fingerprint density at radius 1 is 1.04 bits per heavy atom. The first kappa shape index (κ1) is 18.9. The van der Waals surface area contributed by atoms with Crippen LogP contribution in [0.2, 0.25) is 0 Å². The number of aliphatic hydroxyl groups excluding tert-OH is 1. The SMILES string of the molecule is Cc1ccc(OC[C@H](O)CN2C(=O)N[C@](C)(c3ccc(C)cc3)C2=O)cc1. The average molecular weight is 368 g/mol. The first-order chi connectivity index (χ1) is 12.8. The number of carbonyl (C=O) groups is 2. The van der Waals surface area contributed by atoms with Crippen LogP contribution in [0.5, 0.6) is 5.75 Å². The first-order valence-electron chi connectivity index (χ1n) is 8.88. The molecule has 2 N–H and O–H groups in total. The van der Waals surface area contributed by atoms with Gasteiger partial charge in [0.05, 0.1) is 6.54 Å². The Bertz CT molecular complexity index is 832. The Balaban J connectivity index is 1.64. The highest BCUT2D eigenvalue weighted by molar-refractivity contribution is 6.07. The van der Waals surface area contributed by atoms with E-state index in [1.54, 1.807) is 6.92 Å². The maximum absolute atomic E-state index is 12.9. The summed E-state index contributed by atoms with van der Waals surface area (Å²) in [6.07, 6.45) is -0.985. The zero-order valence-electron chi connectivity index (χ0n) is 15.7. The highest BCUT2D eigenvalue weighted by atomic mass is 16.5. The monoisotopic (exact) mass is 368 g/mol. The summed E-state index contributed by atoms with van der Waals surface area (Å²) in [6, 6.07) is 14.4. The number of hydrogen-bond donors (Lipinski definition) is 2. The third kappa shape index (κ3) is 3.95. The van der Waals surface area contributed by atoms with E-state index in [2.05, 4.69) is 5.32 Å². The van der Waals surface area contributed by atoms with Crippen molar-refractivity contribution in [3.8, 4) is 5.75 Å². The van der Waals surface area contributed by atoms with Crippen LogP contribution in [-0.2, 0) is 10.3 Å². The minimum atomic E-state index is -1.14. The molecule has 0 unspecified atom stereocenters. The largest absolute Gasteiger partial charge is 0.491 e. The van der Waals surface area contributed by atoms with E-state index in [9.17, 15) is 14.7 Å². The number of nitrogens with one attached hydrogen (secondary N) is 1. The maximum Gasteiger partial charge on any atom is 0.325 e. The van der Waals surface area contributed by atoms with Crippen molar-refractivity contribution in [2.75, 3.05) is 13.2 Å². The lowest BCUT2D eigenvalue weighted by atomic mass is 9.91. The molecule has 0 aromatic heterocycles. The number of imide groups is 1. The minimum absolute atomic E-state index is 0.0125. The third-order valence-electron chi connectivity index (χ3n) is 4.76. The Kier molecular flexibility index (Phi) is 5.19. The molecule has 1 aliphatic heterocycles. The van der Waals surface area contributed by atoms with Crippen LogP contribution in [-0.4, -0.2) is 41.2 Å². The fraction of sp³-hybridized carbons (Fsp3) is 0.333. The predicted molar refractivity (Wildman–Crippen MR) is 101 cm³/mol. The van der Waals surface area contributed by atoms with Crippen molar-refractivity contribution in [2.24, 2.45) is 0 Å². The van der Waals surface area contributed by atoms with Gasteiger partial charge in [0.25, 0.3) is 5.91 Å². The Morgan fingerprint density at radius 3 is 2.19 bits per heavy atom. The molecule has 0 bridgehead atoms. The molecule has 0 radical (unpaired) electrons. The molecule has 2 aromatic rings. The Labute approximate surface area is 158 Å². The number of rotatable bonds is 6. The zero-order valence-corrected chi connectivity index (χ0v) is 15.7. The van der Waals surface area contributed by atoms with Gasteiger partial charge in [0, 0.05) is 0 Å². The summed E-state index contributed by atoms with van der Waals surface area (Å²) < 4.78 is 5.53. The smallest absolute Gasteiger partial charge is 0.325 e. The molecule has 142 valence electrons. The lowest BCUT2D eigenvalue weighted by Crippen LogP contribution is -2.42. The molecule has 0 spiro atoms. The third-order valence-corrected chi connectivity index (χ3v) is 4.76. The average Bonchev–Trinajstić information content (AvgIpc) is 2.86. The van der Waals surface area contributed by atoms with Crippen LogP contribution < -0.4 is 10.1 Å². The van der Waals surface area contributed by atoms with Gasteiger partial charge in [0.15, 0.2) is 0 Å². The topological polar surface area (TPSA) is 78.9 Å². The number of benzene rings is 2. The summed E-state index contributed by atoms with van der Waals surface area (Å²) in [5.74, 6) is 0.243. The zero-order chi connectivity index (χ0) is 19.6. The standard InChI is InChI=1S/C21H24N2O4/c1-14-4-8-16(9-5-14)21(3)19(25)23(20(26)22-21)12-17(24)13-27-18-10-6-15(2)7-11-18/h4-11,17,24H,12-13H2,1-3H3,(H,22,26)/t17-,21-/m1/s1. The highest BCUT2D eigenvalue weighted by Crippen LogP contribution is 2.29. The van der Waals surface area contributed by atoms with Crippen LogP contribution in [0.3, 0.4) is 0 Å². The number of aryl methyl sites for hydroxylation is 2. The van der Waals surface area contributed by atoms with Crippen LogP contribution in [0.1, 0.15) is 23.6 Å². The number of ether oxygens (including phenoxy) is 1. The van der Waals surface area contributed by atoms with E-state index in [1.165, 1.54) is 0 Å². The van der Waals surface area contributed by atoms with Crippen molar-refractivity contribution in [2.45, 2.75) is 32.4 Å². The van der Waals surface area contributed by atoms with Gasteiger partial charge in [-0.05, 0) is 38.5 Å². The molecule has 0 aliphatic carbocycles. The summed E-state index contributed by atoms with van der Waals surface area (Å²) in [7, 11) is 0. The summed E-state index contributed by atoms with van der Waals surface area (Å²) in [6.45, 7) is 5.46. The summed E-state index contributed by atoms with van der Waals surface area (Å²) in [5, 5.41) is 13.0. The fourth-order valence-electron chi connectivity index (χ4n) is 3.04. The van der Waals surface area contributed by atoms with Gasteiger partial charge in [0.2, 0.25) is 0 Å². The van der Waals surface area contributed by atoms with Crippen LogP contribution in [0.15, 0.2) is 48.5 Å². The van der Waals surface area contributed by atoms with Gasteiger partial charge in [-0.2, -0.15) is 0 Å². The van der Waals surface area contributed by atoms with Gasteiger partial charge in [-0.1, -0.05) is 47.5 Å². The minimum Gasteiger partial charge on any atom is -0.491 e. The second-order valence-corrected chi connectivity index (χ2v) is 7.11. The molecular formula is C21H24N2O4. The van der Waals surface area contributed by atoms with E-state index in [0.717, 1.165) is 16.0 Å². The van der Waals surface area contributed by atoms with Gasteiger partial charge >= 0.3 is 6.03 Å². The van der Waals surface area contributed by atoms with E-state index in [-0.39, 0.29) is 19.1 Å². The van der Waals surface area contributed by atoms with Crippen molar-refractivity contribution in [1.82, 2.24) is 10.2 Å². The summed E-state index contributed by atoms with van der Waals surface area (Å²) in [4.78, 5) is 26.2. The molecule has 27 heavy (non-hydrogen) atoms. The van der Waals surface area contributed by atoms with Gasteiger partial charge in [0.1, 0.15) is 24.0 Å². The van der Waals surface area contributed by atoms with Gasteiger partial charge in [-0.3, -0.25) is 9.69 Å². The number of β-amino-alcohol motifs (C(OH)–C–C–N with tert-alkyl or cyclic N) is 1. The lowest BCUT2D eigenvalue weighted by molar-refractivity contribution is -0.132. The molecule has 6 heteroatoms. The van der Waals surface area contributed by atoms with Crippen molar-refractivity contribution >= 4 is 11.9 Å². The molecule has 6 nitrogen and oxygen atoms in total. The van der Waals surface area contributed by atoms with E-state index >= 15 is 0 Å². The van der Waals surface area contributed by atoms with Crippen LogP contribution in [0.25, 0.3) is 0 Å². The normalized spacial score (nSPS) is 20.5. The van der Waals surface area contributed by atoms with Gasteiger partial charge in [-0.15, -0.1) is 0 Å². The molecule has 3 amide bonds. The van der Waals surface area contributed by atoms with Crippen LogP contribution in [0, 0.1) is 13.8 Å². The van der Waals surface area contributed by atoms with Gasteiger partial charge in [-0.25, -0.2) is 4.79 Å². The van der Waals surface area contributed by atoms with E-state index in [0.29, 0.717) is 11.3 Å². The second-order valence-electron chi connectivity index (χ2n) is 7.11. The van der Waals surface area contributed by atoms with Gasteiger partial charge < -0.3 is 15.2 Å². The second kappa shape index (κ2) is 7.40. The van der Waals surface area contributed by atoms with Crippen molar-refractivity contribution < 1.29 is 19.4 Å². The first-order valence-corrected chi connectivity index (χ1v) is 8.88. The lowest BCUT2D eigenvalue weighted by Gasteiger charge is -2.23. The molecule has 0 saturated carbocycles. The van der Waals surface area contributed by atoms with E-state index < -0.39 is 17.7 Å². The number of nitrogens with zero attached hydrogens (tertiary/aromatic N) is 1. The number of urea groups is 1. The molecule has 1 heterocycles. The summed E-state index contributed by atoms with van der Waals surface area (Å²) >= 11 is 0. The fourth-order valence-corrected chi connectivity index (χ4v) is 3.04. The molecule has 3 rings (SSSR count). The number of aliphatic hydroxyl groups is 1. The quantitative estimate of drug-likeness (QED) is 0.768. The molecule has 1 saturated heterocycles. The summed E-state index contributed by atoms with van der Waals surface area (Å²) in [5.41, 5.74) is 1.75. The predicted octanol–water partition coefficient (Wildman–Crippen LogP) is 2.51. The Morgan fingerprint density at radius 2 is 1.59 bits per heavy atom. The highest BCUT2D eigenvalue weighted by Gasteiger charge is 2.49. The van der Waals surface area contributed by atoms with Crippen LogP contribution >= 0.6 is 0 Å². The maximum atomic E-state index is 12.9. The van der Waals surface area contributed by atoms with Crippen molar-refractivity contribution in [3.63, 3.8) is 0 Å². The molecule has 1 fully saturated rings. The number of hydrogen-bond acceptors (Lipinski definition) is 4. The number of amides is 3. The molecular weight excluding hydrogens is 344 g/mol. The Hall–Kier alpha value is -2.86. The van der Waals surface area contributed by atoms with E-state index in [4.69, 9.17) is 4.74 Å². The van der Waals surface area contributed by atoms with Crippen molar-refractivity contribution in [1.29, 1.82) is 0 Å². The molecule has 1 aliphatic rings. The molecule has 2 aromatic carbocycles. The number of carbonyl (C=O) groups excluding carboxylic acids is 2. The van der Waals surface area contributed by atoms with E-state index in [1.807, 2.05) is 62.4 Å². The van der Waals surface area contributed by atoms with Crippen LogP contribution in [0.4, 0.5) is 4.79 Å². The molecule has 2 atom stereocenters. The van der Waals surface area contributed by atoms with Crippen molar-refractivity contribution in [3.05, 3.63) is 65.2 Å².